The third-order valence-corrected chi connectivity index (χ3v) is 2.21. The summed E-state index contributed by atoms with van der Waals surface area (Å²) in [7, 11) is 0. The van der Waals surface area contributed by atoms with Crippen LogP contribution in [0.3, 0.4) is 0 Å². The molecule has 2 atom stereocenters. The summed E-state index contributed by atoms with van der Waals surface area (Å²) >= 11 is 0. The fourth-order valence-electron chi connectivity index (χ4n) is 1.51. The topological polar surface area (TPSA) is 29.1 Å². The number of rotatable bonds is 0. The van der Waals surface area contributed by atoms with Crippen molar-refractivity contribution in [1.29, 1.82) is 0 Å². The summed E-state index contributed by atoms with van der Waals surface area (Å²) in [4.78, 5) is 10.6. The van der Waals surface area contributed by atoms with Gasteiger partial charge in [0, 0.05) is 12.5 Å². The van der Waals surface area contributed by atoms with Gasteiger partial charge in [0.25, 0.3) is 0 Å². The van der Waals surface area contributed by atoms with Crippen molar-refractivity contribution in [1.82, 2.24) is 5.32 Å². The Hall–Kier alpha value is -0.530. The highest BCUT2D eigenvalue weighted by Gasteiger charge is 2.38. The first-order valence-electron chi connectivity index (χ1n) is 3.15. The smallest absolute Gasteiger partial charge is 0.220 e. The molecule has 44 valence electrons. The highest BCUT2D eigenvalue weighted by Crippen LogP contribution is 2.34. The highest BCUT2D eigenvalue weighted by molar-refractivity contribution is 5.79. The molecular formula is C6H9NO. The van der Waals surface area contributed by atoms with Crippen LogP contribution in [0.25, 0.3) is 0 Å². The first-order chi connectivity index (χ1) is 3.86. The standard InChI is InChI=1S/C6H9NO/c8-6-3-4-1-2-5(4)7-6/h4-5H,1-3H2,(H,7,8)/t4-,5-/m1/s1. The number of fused-ring (bicyclic) bond motifs is 1. The number of amides is 1. The first kappa shape index (κ1) is 4.36. The van der Waals surface area contributed by atoms with Gasteiger partial charge < -0.3 is 5.32 Å². The molecule has 8 heavy (non-hydrogen) atoms. The summed E-state index contributed by atoms with van der Waals surface area (Å²) in [5.41, 5.74) is 0. The molecule has 2 rings (SSSR count). The molecule has 0 bridgehead atoms. The van der Waals surface area contributed by atoms with Crippen molar-refractivity contribution in [3.05, 3.63) is 0 Å². The van der Waals surface area contributed by atoms with Gasteiger partial charge in [-0.1, -0.05) is 0 Å². The minimum atomic E-state index is 0.262. The Morgan fingerprint density at radius 2 is 2.38 bits per heavy atom. The molecule has 1 aliphatic carbocycles. The van der Waals surface area contributed by atoms with E-state index in [0.717, 1.165) is 6.42 Å². The van der Waals surface area contributed by atoms with E-state index in [2.05, 4.69) is 5.32 Å². The van der Waals surface area contributed by atoms with Crippen LogP contribution >= 0.6 is 0 Å². The van der Waals surface area contributed by atoms with Gasteiger partial charge in [-0.25, -0.2) is 0 Å². The largest absolute Gasteiger partial charge is 0.353 e. The molecule has 2 nitrogen and oxygen atoms in total. The molecule has 1 aliphatic heterocycles. The molecular weight excluding hydrogens is 102 g/mol. The Kier molecular flexibility index (Phi) is 0.678. The molecule has 0 aromatic heterocycles. The Morgan fingerprint density at radius 3 is 2.62 bits per heavy atom. The molecule has 0 aromatic rings. The second-order valence-electron chi connectivity index (χ2n) is 2.72. The summed E-state index contributed by atoms with van der Waals surface area (Å²) in [6.45, 7) is 0. The minimum Gasteiger partial charge on any atom is -0.353 e. The lowest BCUT2D eigenvalue weighted by molar-refractivity contribution is -0.119. The second-order valence-corrected chi connectivity index (χ2v) is 2.72. The number of hydrogen-bond donors (Lipinski definition) is 1. The average molecular weight is 111 g/mol. The monoisotopic (exact) mass is 111 g/mol. The zero-order valence-electron chi connectivity index (χ0n) is 4.68. The number of nitrogens with one attached hydrogen (secondary N) is 1. The number of hydrogen-bond acceptors (Lipinski definition) is 1. The summed E-state index contributed by atoms with van der Waals surface area (Å²) in [6, 6.07) is 0.572. The van der Waals surface area contributed by atoms with E-state index in [4.69, 9.17) is 0 Å². The molecule has 1 heterocycles. The van der Waals surface area contributed by atoms with Crippen molar-refractivity contribution in [2.75, 3.05) is 0 Å². The second kappa shape index (κ2) is 1.24. The van der Waals surface area contributed by atoms with Crippen LogP contribution in [0.5, 0.6) is 0 Å². The van der Waals surface area contributed by atoms with E-state index in [9.17, 15) is 4.79 Å². The van der Waals surface area contributed by atoms with Crippen molar-refractivity contribution in [3.8, 4) is 0 Å². The lowest BCUT2D eigenvalue weighted by Gasteiger charge is -2.28. The molecule has 1 N–H and O–H groups in total. The zero-order chi connectivity index (χ0) is 5.56. The molecule has 0 unspecified atom stereocenters. The summed E-state index contributed by atoms with van der Waals surface area (Å²) in [5.74, 6) is 0.972. The van der Waals surface area contributed by atoms with Crippen molar-refractivity contribution < 1.29 is 4.79 Å². The van der Waals surface area contributed by atoms with Crippen LogP contribution in [-0.4, -0.2) is 11.9 Å². The van der Waals surface area contributed by atoms with E-state index in [-0.39, 0.29) is 5.91 Å². The van der Waals surface area contributed by atoms with Crippen LogP contribution in [0.1, 0.15) is 19.3 Å². The SMILES string of the molecule is O=C1C[C@H]2CC[C@H]2N1. The third-order valence-electron chi connectivity index (χ3n) is 2.21. The average Bonchev–Trinajstić information content (AvgIpc) is 1.91. The van der Waals surface area contributed by atoms with Crippen molar-refractivity contribution in [2.24, 2.45) is 5.92 Å². The first-order valence-corrected chi connectivity index (χ1v) is 3.15. The quantitative estimate of drug-likeness (QED) is 0.478. The van der Waals surface area contributed by atoms with Gasteiger partial charge >= 0.3 is 0 Å². The van der Waals surface area contributed by atoms with Gasteiger partial charge in [0.15, 0.2) is 0 Å². The van der Waals surface area contributed by atoms with Gasteiger partial charge in [0.1, 0.15) is 0 Å². The third kappa shape index (κ3) is 0.403. The van der Waals surface area contributed by atoms with Crippen molar-refractivity contribution in [2.45, 2.75) is 25.3 Å². The van der Waals surface area contributed by atoms with Crippen LogP contribution in [0.2, 0.25) is 0 Å². The Morgan fingerprint density at radius 1 is 1.50 bits per heavy atom. The van der Waals surface area contributed by atoms with Crippen LogP contribution in [0.4, 0.5) is 0 Å². The van der Waals surface area contributed by atoms with E-state index in [1.165, 1.54) is 12.8 Å². The summed E-state index contributed by atoms with van der Waals surface area (Å²) in [6.07, 6.45) is 3.28. The molecule has 1 amide bonds. The van der Waals surface area contributed by atoms with Gasteiger partial charge in [0.2, 0.25) is 5.91 Å². The van der Waals surface area contributed by atoms with Gasteiger partial charge in [-0.3, -0.25) is 4.79 Å². The number of carbonyl (C=O) groups is 1. The van der Waals surface area contributed by atoms with Gasteiger partial charge in [-0.15, -0.1) is 0 Å². The molecule has 0 radical (unpaired) electrons. The van der Waals surface area contributed by atoms with Crippen LogP contribution in [0.15, 0.2) is 0 Å². The molecule has 1 saturated heterocycles. The maximum Gasteiger partial charge on any atom is 0.220 e. The van der Waals surface area contributed by atoms with Crippen LogP contribution < -0.4 is 5.32 Å². The van der Waals surface area contributed by atoms with Gasteiger partial charge in [0.05, 0.1) is 0 Å². The van der Waals surface area contributed by atoms with Crippen molar-refractivity contribution >= 4 is 5.91 Å². The molecule has 2 heteroatoms. The predicted molar refractivity (Wildman–Crippen MR) is 29.3 cm³/mol. The molecule has 2 aliphatic rings. The fraction of sp³-hybridized carbons (Fsp3) is 0.833. The molecule has 0 spiro atoms. The maximum atomic E-state index is 10.6. The highest BCUT2D eigenvalue weighted by atomic mass is 16.2. The van der Waals surface area contributed by atoms with Crippen molar-refractivity contribution in [3.63, 3.8) is 0 Å². The fourth-order valence-corrected chi connectivity index (χ4v) is 1.51. The van der Waals surface area contributed by atoms with E-state index < -0.39 is 0 Å². The number of carbonyl (C=O) groups excluding carboxylic acids is 1. The van der Waals surface area contributed by atoms with E-state index in [1.807, 2.05) is 0 Å². The molecule has 0 aromatic carbocycles. The molecule has 2 fully saturated rings. The van der Waals surface area contributed by atoms with E-state index in [0.29, 0.717) is 12.0 Å². The Balaban J connectivity index is 2.10. The van der Waals surface area contributed by atoms with E-state index in [1.54, 1.807) is 0 Å². The summed E-state index contributed by atoms with van der Waals surface area (Å²) in [5, 5.41) is 2.91. The Bertz CT molecular complexity index is 118. The van der Waals surface area contributed by atoms with Gasteiger partial charge in [-0.2, -0.15) is 0 Å². The van der Waals surface area contributed by atoms with Crippen LogP contribution in [0, 0.1) is 5.92 Å². The maximum absolute atomic E-state index is 10.6. The lowest BCUT2D eigenvalue weighted by atomic mass is 9.81. The Labute approximate surface area is 48.3 Å². The van der Waals surface area contributed by atoms with E-state index >= 15 is 0 Å². The van der Waals surface area contributed by atoms with Crippen LogP contribution in [-0.2, 0) is 4.79 Å². The summed E-state index contributed by atoms with van der Waals surface area (Å²) < 4.78 is 0. The van der Waals surface area contributed by atoms with Gasteiger partial charge in [-0.05, 0) is 18.8 Å². The molecule has 1 saturated carbocycles. The lowest BCUT2D eigenvalue weighted by Crippen LogP contribution is -2.36. The normalized spacial score (nSPS) is 42.8. The predicted octanol–water partition coefficient (Wildman–Crippen LogP) is 0.285. The minimum absolute atomic E-state index is 0.262. The zero-order valence-corrected chi connectivity index (χ0v) is 4.68.